The summed E-state index contributed by atoms with van der Waals surface area (Å²) in [6.45, 7) is 10.0. The van der Waals surface area contributed by atoms with Gasteiger partial charge in [-0.05, 0) is 60.7 Å². The van der Waals surface area contributed by atoms with Crippen molar-refractivity contribution < 1.29 is 32.4 Å². The van der Waals surface area contributed by atoms with Crippen molar-refractivity contribution in [2.24, 2.45) is 28.6 Å². The number of amides is 5. The summed E-state index contributed by atoms with van der Waals surface area (Å²) < 4.78 is 26.0. The molecule has 6 atom stereocenters. The van der Waals surface area contributed by atoms with Gasteiger partial charge >= 0.3 is 6.03 Å². The Morgan fingerprint density at radius 1 is 0.935 bits per heavy atom. The fourth-order valence-electron chi connectivity index (χ4n) is 8.60. The number of fused-ring (bicyclic) bond motifs is 1. The summed E-state index contributed by atoms with van der Waals surface area (Å²) in [7, 11) is -1.97. The number of Topliss-reactive ketones (excluding diaryl/α,β-unsaturated/α-hetero) is 1. The van der Waals surface area contributed by atoms with E-state index in [0.29, 0.717) is 38.6 Å². The smallest absolute Gasteiger partial charge is 0.315 e. The molecule has 0 aromatic carbocycles. The van der Waals surface area contributed by atoms with Crippen molar-refractivity contribution in [3.63, 3.8) is 0 Å². The number of nitrogens with one attached hydrogen (secondary N) is 4. The van der Waals surface area contributed by atoms with E-state index in [-0.39, 0.29) is 28.9 Å². The van der Waals surface area contributed by atoms with Crippen LogP contribution in [0.25, 0.3) is 0 Å². The predicted molar refractivity (Wildman–Crippen MR) is 172 cm³/mol. The van der Waals surface area contributed by atoms with Crippen molar-refractivity contribution in [1.29, 1.82) is 0 Å². The Kier molecular flexibility index (Phi) is 9.33. The van der Waals surface area contributed by atoms with Crippen LogP contribution in [0.3, 0.4) is 0 Å². The minimum Gasteiger partial charge on any atom is -0.353 e. The Balaban J connectivity index is 1.35. The molecule has 0 aromatic rings. The molecule has 3 saturated carbocycles. The number of hydrogen-bond donors (Lipinski definition) is 4. The van der Waals surface area contributed by atoms with Crippen molar-refractivity contribution in [3.8, 4) is 0 Å². The first-order chi connectivity index (χ1) is 21.4. The lowest BCUT2D eigenvalue weighted by atomic mass is 9.78. The number of urea groups is 1. The zero-order valence-corrected chi connectivity index (χ0v) is 29.1. The van der Waals surface area contributed by atoms with Crippen molar-refractivity contribution in [1.82, 2.24) is 26.2 Å². The Morgan fingerprint density at radius 3 is 2.13 bits per heavy atom. The highest BCUT2D eigenvalue weighted by molar-refractivity contribution is 7.92. The number of carbonyl (C=O) groups is 5. The molecular weight excluding hydrogens is 610 g/mol. The molecule has 0 radical (unpaired) electrons. The van der Waals surface area contributed by atoms with Crippen LogP contribution in [0, 0.1) is 28.6 Å². The van der Waals surface area contributed by atoms with E-state index in [1.807, 2.05) is 20.8 Å². The minimum atomic E-state index is -3.34. The number of hydrogen-bond acceptors (Lipinski definition) is 7. The van der Waals surface area contributed by atoms with Gasteiger partial charge in [-0.2, -0.15) is 0 Å². The van der Waals surface area contributed by atoms with Gasteiger partial charge in [0, 0.05) is 13.6 Å². The van der Waals surface area contributed by atoms with Gasteiger partial charge in [-0.3, -0.25) is 19.2 Å². The largest absolute Gasteiger partial charge is 0.353 e. The van der Waals surface area contributed by atoms with Gasteiger partial charge in [-0.25, -0.2) is 13.2 Å². The SMILES string of the molecule is CNC(=O)C(=O)[C@@H](CC1CC1)NC(=O)[C@@H]1[C@@H]2[C@H](CN1C(=O)[C@@H](NC(=O)NC1(C3CCCS3(=O)=O)CCCCC1)C(C)(C)C)C2(C)C. The van der Waals surface area contributed by atoms with Gasteiger partial charge in [0.05, 0.1) is 22.6 Å². The van der Waals surface area contributed by atoms with E-state index in [2.05, 4.69) is 35.1 Å². The lowest BCUT2D eigenvalue weighted by Gasteiger charge is -2.43. The third-order valence-corrected chi connectivity index (χ3v) is 14.0. The molecule has 258 valence electrons. The maximum atomic E-state index is 14.4. The molecule has 0 spiro atoms. The zero-order chi connectivity index (χ0) is 33.8. The van der Waals surface area contributed by atoms with E-state index in [1.54, 1.807) is 4.90 Å². The molecule has 0 bridgehead atoms. The molecule has 2 heterocycles. The second-order valence-corrected chi connectivity index (χ2v) is 18.5. The summed E-state index contributed by atoms with van der Waals surface area (Å²) in [5.74, 6) is -1.97. The molecule has 1 unspecified atom stereocenters. The number of piperidine rings is 1. The maximum Gasteiger partial charge on any atom is 0.315 e. The first kappa shape index (κ1) is 34.6. The maximum absolute atomic E-state index is 14.4. The summed E-state index contributed by atoms with van der Waals surface area (Å²) in [6.07, 6.45) is 7.11. The molecule has 5 fully saturated rings. The van der Waals surface area contributed by atoms with Crippen molar-refractivity contribution in [2.45, 2.75) is 128 Å². The number of ketones is 1. The summed E-state index contributed by atoms with van der Waals surface area (Å²) in [6, 6.07) is -3.41. The number of rotatable bonds is 10. The molecule has 12 nitrogen and oxygen atoms in total. The summed E-state index contributed by atoms with van der Waals surface area (Å²) >= 11 is 0. The van der Waals surface area contributed by atoms with Crippen LogP contribution in [-0.4, -0.2) is 91.1 Å². The van der Waals surface area contributed by atoms with Gasteiger partial charge in [-0.15, -0.1) is 0 Å². The standard InChI is InChI=1S/C33H53N5O7S/c1-31(2,3)26(36-30(43)37-33(14-8-7-9-15-33)22-11-10-16-46(22,44)45)29(42)38-18-20-23(32(20,4)5)24(38)27(40)35-21(17-19-12-13-19)25(39)28(41)34-6/h19-24,26H,7-18H2,1-6H3,(H,34,41)(H,35,40)(H2,36,37,43)/t20-,21+,22?,23-,24-,26+/m0/s1. The second-order valence-electron chi connectivity index (χ2n) is 16.2. The van der Waals surface area contributed by atoms with E-state index >= 15 is 0 Å². The van der Waals surface area contributed by atoms with Gasteiger partial charge in [0.2, 0.25) is 17.6 Å². The zero-order valence-electron chi connectivity index (χ0n) is 28.2. The van der Waals surface area contributed by atoms with E-state index in [9.17, 15) is 32.4 Å². The van der Waals surface area contributed by atoms with Crippen LogP contribution in [0.4, 0.5) is 4.79 Å². The Labute approximate surface area is 273 Å². The lowest BCUT2D eigenvalue weighted by Crippen LogP contribution is -2.65. The highest BCUT2D eigenvalue weighted by Crippen LogP contribution is 2.65. The summed E-state index contributed by atoms with van der Waals surface area (Å²) in [4.78, 5) is 68.8. The van der Waals surface area contributed by atoms with Crippen LogP contribution in [0.5, 0.6) is 0 Å². The lowest BCUT2D eigenvalue weighted by molar-refractivity contribution is -0.145. The third-order valence-electron chi connectivity index (χ3n) is 11.6. The molecule has 46 heavy (non-hydrogen) atoms. The van der Waals surface area contributed by atoms with E-state index < -0.39 is 73.7 Å². The topological polar surface area (TPSA) is 171 Å². The third kappa shape index (κ3) is 6.67. The molecule has 2 aliphatic heterocycles. The first-order valence-corrected chi connectivity index (χ1v) is 18.8. The Bertz CT molecular complexity index is 1360. The Morgan fingerprint density at radius 2 is 1.59 bits per heavy atom. The molecule has 2 saturated heterocycles. The van der Waals surface area contributed by atoms with Crippen molar-refractivity contribution in [2.75, 3.05) is 19.3 Å². The number of sulfone groups is 1. The summed E-state index contributed by atoms with van der Waals surface area (Å²) in [5.41, 5.74) is -1.79. The average Bonchev–Trinajstić information content (AvgIpc) is 3.76. The number of likely N-dealkylation sites (tertiary alicyclic amines) is 1. The molecular formula is C33H53N5O7S. The predicted octanol–water partition coefficient (Wildman–Crippen LogP) is 2.06. The van der Waals surface area contributed by atoms with Gasteiger partial charge in [0.25, 0.3) is 5.91 Å². The summed E-state index contributed by atoms with van der Waals surface area (Å²) in [5, 5.41) is 10.5. The molecule has 13 heteroatoms. The molecule has 5 amide bonds. The Hall–Kier alpha value is -2.70. The average molecular weight is 664 g/mol. The molecule has 0 aromatic heterocycles. The number of nitrogens with zero attached hydrogens (tertiary/aromatic N) is 1. The molecule has 3 aliphatic carbocycles. The quantitative estimate of drug-likeness (QED) is 0.259. The molecule has 5 rings (SSSR count). The monoisotopic (exact) mass is 663 g/mol. The van der Waals surface area contributed by atoms with Crippen LogP contribution in [-0.2, 0) is 29.0 Å². The van der Waals surface area contributed by atoms with Gasteiger partial charge < -0.3 is 26.2 Å². The highest BCUT2D eigenvalue weighted by atomic mass is 32.2. The van der Waals surface area contributed by atoms with Crippen molar-refractivity contribution in [3.05, 3.63) is 0 Å². The fourth-order valence-corrected chi connectivity index (χ4v) is 11.0. The first-order valence-electron chi connectivity index (χ1n) is 17.1. The number of carbonyl (C=O) groups excluding carboxylic acids is 5. The van der Waals surface area contributed by atoms with Gasteiger partial charge in [0.1, 0.15) is 12.1 Å². The highest BCUT2D eigenvalue weighted by Gasteiger charge is 2.70. The van der Waals surface area contributed by atoms with Crippen LogP contribution < -0.4 is 21.3 Å². The molecule has 5 aliphatic rings. The van der Waals surface area contributed by atoms with Gasteiger partial charge in [0.15, 0.2) is 9.84 Å². The van der Waals surface area contributed by atoms with E-state index in [0.717, 1.165) is 32.1 Å². The van der Waals surface area contributed by atoms with Crippen LogP contribution in [0.15, 0.2) is 0 Å². The van der Waals surface area contributed by atoms with Crippen LogP contribution in [0.2, 0.25) is 0 Å². The van der Waals surface area contributed by atoms with E-state index in [1.165, 1.54) is 7.05 Å². The van der Waals surface area contributed by atoms with Crippen LogP contribution >= 0.6 is 0 Å². The minimum absolute atomic E-state index is 0.0799. The number of likely N-dealkylation sites (N-methyl/N-ethyl adjacent to an activating group) is 1. The van der Waals surface area contributed by atoms with Gasteiger partial charge in [-0.1, -0.05) is 66.7 Å². The fraction of sp³-hybridized carbons (Fsp3) is 0.848. The van der Waals surface area contributed by atoms with Crippen molar-refractivity contribution >= 4 is 39.4 Å². The normalized spacial score (nSPS) is 30.3. The van der Waals surface area contributed by atoms with Crippen LogP contribution in [0.1, 0.15) is 98.8 Å². The second kappa shape index (κ2) is 12.4. The van der Waals surface area contributed by atoms with E-state index in [4.69, 9.17) is 0 Å². The molecule has 4 N–H and O–H groups in total.